The monoisotopic (exact) mass is 315 g/mol. The summed E-state index contributed by atoms with van der Waals surface area (Å²) in [6.45, 7) is 3.06. The molecule has 1 unspecified atom stereocenters. The second-order valence-electron chi connectivity index (χ2n) is 5.89. The first-order valence-electron chi connectivity index (χ1n) is 8.07. The van der Waals surface area contributed by atoms with Crippen LogP contribution >= 0.6 is 0 Å². The van der Waals surface area contributed by atoms with Gasteiger partial charge in [0.05, 0.1) is 6.10 Å². The quantitative estimate of drug-likeness (QED) is 0.860. The average molecular weight is 315 g/mol. The van der Waals surface area contributed by atoms with Gasteiger partial charge >= 0.3 is 0 Å². The van der Waals surface area contributed by atoms with E-state index in [1.165, 1.54) is 18.9 Å². The largest absolute Gasteiger partial charge is 0.387 e. The van der Waals surface area contributed by atoms with Crippen molar-refractivity contribution in [3.05, 3.63) is 59.5 Å². The first-order chi connectivity index (χ1) is 11.2. The minimum atomic E-state index is -0.854. The number of halogens is 1. The van der Waals surface area contributed by atoms with Crippen LogP contribution in [0.1, 0.15) is 30.1 Å². The molecule has 1 aliphatic rings. The van der Waals surface area contributed by atoms with Crippen molar-refractivity contribution in [1.29, 1.82) is 0 Å². The number of nitrogens with one attached hydrogen (secondary N) is 1. The van der Waals surface area contributed by atoms with Gasteiger partial charge in [-0.15, -0.1) is 0 Å². The zero-order chi connectivity index (χ0) is 16.1. The van der Waals surface area contributed by atoms with Gasteiger partial charge in [0.2, 0.25) is 0 Å². The maximum Gasteiger partial charge on any atom is 0.129 e. The standard InChI is InChI=1S/C18H22FN3O/c19-16-6-2-1-5-15(16)17(23)13-20-11-14-7-8-18(21-12-14)22-9-3-4-10-22/h1-2,5-8,12,17,20,23H,3-4,9-11,13H2. The lowest BCUT2D eigenvalue weighted by Gasteiger charge is -2.16. The summed E-state index contributed by atoms with van der Waals surface area (Å²) in [5.74, 6) is 0.649. The number of aliphatic hydroxyl groups is 1. The predicted molar refractivity (Wildman–Crippen MR) is 88.8 cm³/mol. The highest BCUT2D eigenvalue weighted by atomic mass is 19.1. The van der Waals surface area contributed by atoms with Crippen LogP contribution in [0.2, 0.25) is 0 Å². The summed E-state index contributed by atoms with van der Waals surface area (Å²) in [6.07, 6.45) is 3.47. The number of aromatic nitrogens is 1. The molecule has 2 heterocycles. The molecule has 0 saturated carbocycles. The van der Waals surface area contributed by atoms with Crippen LogP contribution in [0.4, 0.5) is 10.2 Å². The summed E-state index contributed by atoms with van der Waals surface area (Å²) in [5, 5.41) is 13.2. The molecular weight excluding hydrogens is 293 g/mol. The molecule has 23 heavy (non-hydrogen) atoms. The highest BCUT2D eigenvalue weighted by Gasteiger charge is 2.13. The maximum absolute atomic E-state index is 13.6. The van der Waals surface area contributed by atoms with Gasteiger partial charge in [0.1, 0.15) is 11.6 Å². The third kappa shape index (κ3) is 4.06. The molecule has 2 aromatic rings. The predicted octanol–water partition coefficient (Wildman–Crippen LogP) is 2.64. The summed E-state index contributed by atoms with van der Waals surface area (Å²) in [6, 6.07) is 10.4. The molecule has 2 N–H and O–H groups in total. The van der Waals surface area contributed by atoms with E-state index in [-0.39, 0.29) is 5.82 Å². The van der Waals surface area contributed by atoms with Crippen LogP contribution in [0, 0.1) is 5.82 Å². The number of hydrogen-bond donors (Lipinski definition) is 2. The van der Waals surface area contributed by atoms with Gasteiger partial charge in [-0.1, -0.05) is 24.3 Å². The van der Waals surface area contributed by atoms with Crippen LogP contribution < -0.4 is 10.2 Å². The Morgan fingerprint density at radius 3 is 2.65 bits per heavy atom. The summed E-state index contributed by atoms with van der Waals surface area (Å²) in [4.78, 5) is 6.78. The number of anilines is 1. The van der Waals surface area contributed by atoms with Gasteiger partial charge in [-0.2, -0.15) is 0 Å². The number of rotatable bonds is 6. The molecule has 1 atom stereocenters. The molecule has 1 aromatic carbocycles. The Morgan fingerprint density at radius 1 is 1.17 bits per heavy atom. The third-order valence-corrected chi connectivity index (χ3v) is 4.17. The summed E-state index contributed by atoms with van der Waals surface area (Å²) in [5.41, 5.74) is 1.37. The molecule has 1 aromatic heterocycles. The molecule has 0 spiro atoms. The fraction of sp³-hybridized carbons (Fsp3) is 0.389. The first-order valence-corrected chi connectivity index (χ1v) is 8.07. The van der Waals surface area contributed by atoms with Crippen molar-refractivity contribution in [2.24, 2.45) is 0 Å². The van der Waals surface area contributed by atoms with Gasteiger partial charge in [0.15, 0.2) is 0 Å². The van der Waals surface area contributed by atoms with Crippen LogP contribution in [-0.2, 0) is 6.54 Å². The Bertz CT molecular complexity index is 626. The molecule has 3 rings (SSSR count). The van der Waals surface area contributed by atoms with E-state index in [0.717, 1.165) is 24.5 Å². The van der Waals surface area contributed by atoms with Gasteiger partial charge in [0, 0.05) is 37.9 Å². The van der Waals surface area contributed by atoms with Crippen molar-refractivity contribution in [2.75, 3.05) is 24.5 Å². The summed E-state index contributed by atoms with van der Waals surface area (Å²) >= 11 is 0. The van der Waals surface area contributed by atoms with Crippen molar-refractivity contribution in [3.63, 3.8) is 0 Å². The highest BCUT2D eigenvalue weighted by Crippen LogP contribution is 2.18. The Kier molecular flexibility index (Phi) is 5.20. The Labute approximate surface area is 136 Å². The number of nitrogens with zero attached hydrogens (tertiary/aromatic N) is 2. The van der Waals surface area contributed by atoms with Crippen molar-refractivity contribution >= 4 is 5.82 Å². The molecule has 0 bridgehead atoms. The second kappa shape index (κ2) is 7.53. The number of hydrogen-bond acceptors (Lipinski definition) is 4. The van der Waals surface area contributed by atoms with Crippen LogP contribution in [0.15, 0.2) is 42.6 Å². The lowest BCUT2D eigenvalue weighted by atomic mass is 10.1. The second-order valence-corrected chi connectivity index (χ2v) is 5.89. The first kappa shape index (κ1) is 15.9. The zero-order valence-corrected chi connectivity index (χ0v) is 13.1. The topological polar surface area (TPSA) is 48.4 Å². The average Bonchev–Trinajstić information content (AvgIpc) is 3.10. The fourth-order valence-corrected chi connectivity index (χ4v) is 2.86. The minimum Gasteiger partial charge on any atom is -0.387 e. The summed E-state index contributed by atoms with van der Waals surface area (Å²) in [7, 11) is 0. The molecule has 122 valence electrons. The van der Waals surface area contributed by atoms with E-state index in [2.05, 4.69) is 15.2 Å². The van der Waals surface area contributed by atoms with E-state index in [9.17, 15) is 9.50 Å². The highest BCUT2D eigenvalue weighted by molar-refractivity contribution is 5.40. The minimum absolute atomic E-state index is 0.300. The van der Waals surface area contributed by atoms with E-state index < -0.39 is 6.10 Å². The van der Waals surface area contributed by atoms with Crippen LogP contribution in [0.3, 0.4) is 0 Å². The smallest absolute Gasteiger partial charge is 0.129 e. The molecule has 1 fully saturated rings. The van der Waals surface area contributed by atoms with Gasteiger partial charge in [-0.3, -0.25) is 0 Å². The molecule has 4 nitrogen and oxygen atoms in total. The normalized spacial score (nSPS) is 15.8. The zero-order valence-electron chi connectivity index (χ0n) is 13.1. The molecule has 0 radical (unpaired) electrons. The van der Waals surface area contributed by atoms with E-state index in [4.69, 9.17) is 0 Å². The van der Waals surface area contributed by atoms with Crippen LogP contribution in [0.25, 0.3) is 0 Å². The SMILES string of the molecule is OC(CNCc1ccc(N2CCCC2)nc1)c1ccccc1F. The van der Waals surface area contributed by atoms with Gasteiger partial charge in [0.25, 0.3) is 0 Å². The van der Waals surface area contributed by atoms with Crippen LogP contribution in [-0.4, -0.2) is 29.7 Å². The van der Waals surface area contributed by atoms with E-state index in [0.29, 0.717) is 18.7 Å². The number of pyridine rings is 1. The van der Waals surface area contributed by atoms with Crippen LogP contribution in [0.5, 0.6) is 0 Å². The van der Waals surface area contributed by atoms with Crippen molar-refractivity contribution in [3.8, 4) is 0 Å². The third-order valence-electron chi connectivity index (χ3n) is 4.17. The van der Waals surface area contributed by atoms with E-state index in [1.54, 1.807) is 18.2 Å². The van der Waals surface area contributed by atoms with E-state index in [1.807, 2.05) is 18.3 Å². The lowest BCUT2D eigenvalue weighted by Crippen LogP contribution is -2.22. The molecular formula is C18H22FN3O. The Hall–Kier alpha value is -1.98. The van der Waals surface area contributed by atoms with Gasteiger partial charge in [-0.25, -0.2) is 9.37 Å². The number of benzene rings is 1. The van der Waals surface area contributed by atoms with Crippen molar-refractivity contribution < 1.29 is 9.50 Å². The molecule has 1 saturated heterocycles. The summed E-state index contributed by atoms with van der Waals surface area (Å²) < 4.78 is 13.6. The van der Waals surface area contributed by atoms with E-state index >= 15 is 0 Å². The van der Waals surface area contributed by atoms with Gasteiger partial charge < -0.3 is 15.3 Å². The Balaban J connectivity index is 1.49. The molecule has 0 amide bonds. The molecule has 5 heteroatoms. The molecule has 0 aliphatic carbocycles. The Morgan fingerprint density at radius 2 is 1.96 bits per heavy atom. The molecule has 1 aliphatic heterocycles. The maximum atomic E-state index is 13.6. The lowest BCUT2D eigenvalue weighted by molar-refractivity contribution is 0.169. The fourth-order valence-electron chi connectivity index (χ4n) is 2.86. The van der Waals surface area contributed by atoms with Crippen molar-refractivity contribution in [2.45, 2.75) is 25.5 Å². The van der Waals surface area contributed by atoms with Crippen molar-refractivity contribution in [1.82, 2.24) is 10.3 Å². The number of aliphatic hydroxyl groups excluding tert-OH is 1. The van der Waals surface area contributed by atoms with Gasteiger partial charge in [-0.05, 0) is 30.5 Å².